The predicted octanol–water partition coefficient (Wildman–Crippen LogP) is 5.68. The van der Waals surface area contributed by atoms with Gasteiger partial charge in [-0.15, -0.1) is 11.3 Å². The smallest absolute Gasteiger partial charge is 0.145 e. The summed E-state index contributed by atoms with van der Waals surface area (Å²) in [6.45, 7) is 6.71. The third-order valence-electron chi connectivity index (χ3n) is 4.35. The third-order valence-corrected chi connectivity index (χ3v) is 5.42. The van der Waals surface area contributed by atoms with Crippen LogP contribution in [0.4, 0.5) is 5.69 Å². The summed E-state index contributed by atoms with van der Waals surface area (Å²) in [6.07, 6.45) is 5.58. The highest BCUT2D eigenvalue weighted by Crippen LogP contribution is 2.37. The maximum atomic E-state index is 5.92. The molecule has 0 spiro atoms. The predicted molar refractivity (Wildman–Crippen MR) is 127 cm³/mol. The van der Waals surface area contributed by atoms with Crippen LogP contribution in [0.2, 0.25) is 0 Å². The summed E-state index contributed by atoms with van der Waals surface area (Å²) in [5, 5.41) is 0.927. The first-order chi connectivity index (χ1) is 15.2. The Bertz CT molecular complexity index is 1030. The van der Waals surface area contributed by atoms with Crippen LogP contribution >= 0.6 is 11.3 Å². The van der Waals surface area contributed by atoms with Gasteiger partial charge in [-0.1, -0.05) is 6.08 Å². The van der Waals surface area contributed by atoms with Crippen LogP contribution in [-0.2, 0) is 9.47 Å². The van der Waals surface area contributed by atoms with Gasteiger partial charge in [0, 0.05) is 18.4 Å². The molecule has 0 aliphatic heterocycles. The summed E-state index contributed by atoms with van der Waals surface area (Å²) in [7, 11) is 1.67. The van der Waals surface area contributed by atoms with Crippen molar-refractivity contribution < 1.29 is 18.9 Å². The molecule has 6 nitrogen and oxygen atoms in total. The van der Waals surface area contributed by atoms with E-state index in [1.807, 2.05) is 62.4 Å². The van der Waals surface area contributed by atoms with E-state index in [9.17, 15) is 0 Å². The molecule has 0 atom stereocenters. The van der Waals surface area contributed by atoms with Crippen molar-refractivity contribution in [3.8, 4) is 22.1 Å². The number of hydrogen-bond acceptors (Lipinski definition) is 7. The van der Waals surface area contributed by atoms with Gasteiger partial charge in [0.15, 0.2) is 0 Å². The first kappa shape index (κ1) is 22.9. The molecule has 0 saturated carbocycles. The summed E-state index contributed by atoms with van der Waals surface area (Å²) < 4.78 is 23.1. The van der Waals surface area contributed by atoms with Crippen LogP contribution in [0.1, 0.15) is 13.8 Å². The zero-order valence-electron chi connectivity index (χ0n) is 18.2. The van der Waals surface area contributed by atoms with Crippen LogP contribution in [0.3, 0.4) is 0 Å². The topological polar surface area (TPSA) is 62.2 Å². The Morgan fingerprint density at radius 2 is 1.87 bits per heavy atom. The van der Waals surface area contributed by atoms with E-state index in [0.717, 1.165) is 32.2 Å². The number of benzene rings is 2. The molecule has 0 fully saturated rings. The second-order valence-corrected chi connectivity index (χ2v) is 7.53. The fourth-order valence-electron chi connectivity index (χ4n) is 2.81. The molecule has 0 radical (unpaired) electrons. The number of methoxy groups -OCH3 is 1. The zero-order valence-corrected chi connectivity index (χ0v) is 19.0. The van der Waals surface area contributed by atoms with Crippen LogP contribution in [-0.4, -0.2) is 51.3 Å². The van der Waals surface area contributed by atoms with Gasteiger partial charge in [-0.25, -0.2) is 4.98 Å². The maximum absolute atomic E-state index is 5.92. The standard InChI is InChI=1S/C24H28N2O4S/c1-4-6-11-25-21-16-18(7-10-22(21)30-15-14-29-13-12-28-5-2)24-26-20-9-8-19(27-3)17-23(20)31-24/h4,6-11,16-17H,5,12-15H2,1-3H3/b6-4+,25-11?. The Hall–Kier alpha value is -2.74. The average molecular weight is 441 g/mol. The number of nitrogens with zero attached hydrogens (tertiary/aromatic N) is 2. The molecule has 0 unspecified atom stereocenters. The van der Waals surface area contributed by atoms with Gasteiger partial charge in [-0.3, -0.25) is 4.99 Å². The van der Waals surface area contributed by atoms with E-state index in [1.54, 1.807) is 24.7 Å². The molecule has 0 saturated heterocycles. The van der Waals surface area contributed by atoms with Crippen molar-refractivity contribution in [2.45, 2.75) is 13.8 Å². The van der Waals surface area contributed by atoms with Crippen molar-refractivity contribution in [3.63, 3.8) is 0 Å². The second-order valence-electron chi connectivity index (χ2n) is 6.50. The van der Waals surface area contributed by atoms with E-state index in [2.05, 4.69) is 4.99 Å². The van der Waals surface area contributed by atoms with Gasteiger partial charge in [0.2, 0.25) is 0 Å². The van der Waals surface area contributed by atoms with E-state index in [-0.39, 0.29) is 0 Å². The highest BCUT2D eigenvalue weighted by atomic mass is 32.1. The van der Waals surface area contributed by atoms with Crippen molar-refractivity contribution in [1.82, 2.24) is 4.98 Å². The van der Waals surface area contributed by atoms with Gasteiger partial charge in [0.1, 0.15) is 28.8 Å². The molecule has 0 aliphatic rings. The van der Waals surface area contributed by atoms with Gasteiger partial charge < -0.3 is 18.9 Å². The number of hydrogen-bond donors (Lipinski definition) is 0. The average Bonchev–Trinajstić information content (AvgIpc) is 3.22. The molecule has 0 aliphatic carbocycles. The van der Waals surface area contributed by atoms with Crippen molar-refractivity contribution in [2.24, 2.45) is 4.99 Å². The maximum Gasteiger partial charge on any atom is 0.145 e. The van der Waals surface area contributed by atoms with Crippen LogP contribution in [0.5, 0.6) is 11.5 Å². The van der Waals surface area contributed by atoms with Crippen LogP contribution in [0, 0.1) is 0 Å². The number of aliphatic imine (C=N–C) groups is 1. The molecule has 7 heteroatoms. The van der Waals surface area contributed by atoms with E-state index in [1.165, 1.54) is 0 Å². The minimum atomic E-state index is 0.443. The van der Waals surface area contributed by atoms with Crippen LogP contribution in [0.15, 0.2) is 53.5 Å². The Balaban J connectivity index is 1.75. The SMILES string of the molecule is C/C=C/C=Nc1cc(-c2nc3ccc(OC)cc3s2)ccc1OCCOCCOCC. The summed E-state index contributed by atoms with van der Waals surface area (Å²) >= 11 is 1.62. The summed E-state index contributed by atoms with van der Waals surface area (Å²) in [4.78, 5) is 9.32. The van der Waals surface area contributed by atoms with Gasteiger partial charge >= 0.3 is 0 Å². The number of thiazole rings is 1. The van der Waals surface area contributed by atoms with Gasteiger partial charge in [0.25, 0.3) is 0 Å². The number of aromatic nitrogens is 1. The summed E-state index contributed by atoms with van der Waals surface area (Å²) in [5.41, 5.74) is 2.69. The number of rotatable bonds is 12. The molecule has 1 aromatic heterocycles. The molecule has 0 bridgehead atoms. The highest BCUT2D eigenvalue weighted by Gasteiger charge is 2.11. The van der Waals surface area contributed by atoms with E-state index >= 15 is 0 Å². The molecular weight excluding hydrogens is 412 g/mol. The van der Waals surface area contributed by atoms with E-state index < -0.39 is 0 Å². The van der Waals surface area contributed by atoms with Crippen LogP contribution < -0.4 is 9.47 Å². The van der Waals surface area contributed by atoms with Gasteiger partial charge in [0.05, 0.1) is 37.1 Å². The zero-order chi connectivity index (χ0) is 21.9. The third kappa shape index (κ3) is 6.62. The fraction of sp³-hybridized carbons (Fsp3) is 0.333. The number of fused-ring (bicyclic) bond motifs is 1. The van der Waals surface area contributed by atoms with Crippen molar-refractivity contribution >= 4 is 33.5 Å². The molecule has 3 rings (SSSR count). The fourth-order valence-corrected chi connectivity index (χ4v) is 3.80. The molecule has 1 heterocycles. The Labute approximate surface area is 187 Å². The first-order valence-electron chi connectivity index (χ1n) is 10.3. The Kier molecular flexibility index (Phi) is 9.02. The van der Waals surface area contributed by atoms with Crippen molar-refractivity contribution in [2.75, 3.05) is 40.1 Å². The molecule has 31 heavy (non-hydrogen) atoms. The minimum absolute atomic E-state index is 0.443. The molecule has 0 amide bonds. The van der Waals surface area contributed by atoms with Crippen molar-refractivity contribution in [3.05, 3.63) is 48.6 Å². The largest absolute Gasteiger partial charge is 0.497 e. The lowest BCUT2D eigenvalue weighted by Crippen LogP contribution is -2.10. The molecule has 2 aromatic carbocycles. The monoisotopic (exact) mass is 440 g/mol. The number of allylic oxidation sites excluding steroid dienone is 2. The Morgan fingerprint density at radius 3 is 2.68 bits per heavy atom. The van der Waals surface area contributed by atoms with Crippen LogP contribution in [0.25, 0.3) is 20.8 Å². The molecular formula is C24H28N2O4S. The molecule has 0 N–H and O–H groups in total. The van der Waals surface area contributed by atoms with Gasteiger partial charge in [-0.2, -0.15) is 0 Å². The van der Waals surface area contributed by atoms with Crippen molar-refractivity contribution in [1.29, 1.82) is 0 Å². The highest BCUT2D eigenvalue weighted by molar-refractivity contribution is 7.21. The van der Waals surface area contributed by atoms with E-state index in [0.29, 0.717) is 38.8 Å². The molecule has 3 aromatic rings. The van der Waals surface area contributed by atoms with E-state index in [4.69, 9.17) is 23.9 Å². The quantitative estimate of drug-likeness (QED) is 0.268. The second kappa shape index (κ2) is 12.2. The minimum Gasteiger partial charge on any atom is -0.497 e. The lowest BCUT2D eigenvalue weighted by atomic mass is 10.2. The van der Waals surface area contributed by atoms with Gasteiger partial charge in [-0.05, 0) is 56.3 Å². The lowest BCUT2D eigenvalue weighted by Gasteiger charge is -2.10. The molecule has 164 valence electrons. The Morgan fingerprint density at radius 1 is 1.03 bits per heavy atom. The normalized spacial score (nSPS) is 11.7. The summed E-state index contributed by atoms with van der Waals surface area (Å²) in [6, 6.07) is 11.8. The first-order valence-corrected chi connectivity index (χ1v) is 11.1. The summed E-state index contributed by atoms with van der Waals surface area (Å²) in [5.74, 6) is 1.53. The number of ether oxygens (including phenoxy) is 4. The lowest BCUT2D eigenvalue weighted by molar-refractivity contribution is 0.0405.